The molecule has 2 aliphatic rings. The molecule has 0 saturated heterocycles. The Bertz CT molecular complexity index is 1470. The van der Waals surface area contributed by atoms with Crippen molar-refractivity contribution in [2.45, 2.75) is 51.2 Å². The number of hydrogen-bond acceptors (Lipinski definition) is 7. The molecule has 5 rings (SSSR count). The lowest BCUT2D eigenvalue weighted by molar-refractivity contribution is -0.158. The minimum Gasteiger partial charge on any atom is -0.471 e. The summed E-state index contributed by atoms with van der Waals surface area (Å²) in [4.78, 5) is 21.6. The summed E-state index contributed by atoms with van der Waals surface area (Å²) in [6.45, 7) is 7.12. The van der Waals surface area contributed by atoms with E-state index in [2.05, 4.69) is 20.2 Å². The Labute approximate surface area is 215 Å². The molecule has 0 amide bonds. The van der Waals surface area contributed by atoms with Crippen LogP contribution < -0.4 is 4.74 Å². The first-order valence-corrected chi connectivity index (χ1v) is 12.3. The number of aromatic nitrogens is 2. The van der Waals surface area contributed by atoms with E-state index in [1.807, 2.05) is 64.2 Å². The van der Waals surface area contributed by atoms with Gasteiger partial charge in [-0.2, -0.15) is 10.2 Å². The second-order valence-electron chi connectivity index (χ2n) is 10.3. The van der Waals surface area contributed by atoms with E-state index in [1.54, 1.807) is 30.5 Å². The standard InChI is InChI=1S/C29H30N4O4/c1-18-22-15-29(12-11-25(22)33-32-18,27(35)37-28(2,3)4)23-9-7-13-30-26(23)36-20(17-34)14-19-16-31-24-10-6-5-8-21(19)24/h5-13,15-16,20,31,34H,14,17H2,1-4H3. The number of H-pyrrole nitrogens is 1. The first-order chi connectivity index (χ1) is 17.7. The van der Waals surface area contributed by atoms with E-state index in [1.165, 1.54) is 0 Å². The zero-order valence-corrected chi connectivity index (χ0v) is 21.4. The van der Waals surface area contributed by atoms with Crippen LogP contribution in [0.3, 0.4) is 0 Å². The van der Waals surface area contributed by atoms with Gasteiger partial charge in [0.25, 0.3) is 0 Å². The molecule has 1 aliphatic heterocycles. The van der Waals surface area contributed by atoms with Gasteiger partial charge in [0.05, 0.1) is 18.0 Å². The highest BCUT2D eigenvalue weighted by molar-refractivity contribution is 6.31. The van der Waals surface area contributed by atoms with Crippen molar-refractivity contribution in [3.63, 3.8) is 0 Å². The normalized spacial score (nSPS) is 19.6. The Hall–Kier alpha value is -4.04. The number of para-hydroxylation sites is 1. The highest BCUT2D eigenvalue weighted by Gasteiger charge is 2.45. The second kappa shape index (κ2) is 9.44. The van der Waals surface area contributed by atoms with Crippen LogP contribution in [0.5, 0.6) is 5.88 Å². The number of aliphatic hydroxyl groups excluding tert-OH is 1. The number of nitrogens with one attached hydrogen (secondary N) is 1. The number of pyridine rings is 1. The largest absolute Gasteiger partial charge is 0.471 e. The lowest BCUT2D eigenvalue weighted by atomic mass is 9.74. The molecular formula is C29H30N4O4. The van der Waals surface area contributed by atoms with E-state index in [0.717, 1.165) is 22.0 Å². The quantitative estimate of drug-likeness (QED) is 0.468. The summed E-state index contributed by atoms with van der Waals surface area (Å²) in [5, 5.41) is 19.7. The lowest BCUT2D eigenvalue weighted by Gasteiger charge is -2.33. The molecule has 2 aromatic heterocycles. The van der Waals surface area contributed by atoms with Crippen LogP contribution in [-0.2, 0) is 21.4 Å². The van der Waals surface area contributed by atoms with Crippen molar-refractivity contribution in [1.29, 1.82) is 0 Å². The molecule has 0 spiro atoms. The van der Waals surface area contributed by atoms with Gasteiger partial charge in [-0.05, 0) is 57.5 Å². The molecular weight excluding hydrogens is 468 g/mol. The van der Waals surface area contributed by atoms with Gasteiger partial charge in [-0.1, -0.05) is 30.3 Å². The van der Waals surface area contributed by atoms with Crippen LogP contribution in [0.1, 0.15) is 38.8 Å². The van der Waals surface area contributed by atoms with Gasteiger partial charge < -0.3 is 19.6 Å². The van der Waals surface area contributed by atoms with Gasteiger partial charge >= 0.3 is 5.97 Å². The van der Waals surface area contributed by atoms with Crippen molar-refractivity contribution in [2.75, 3.05) is 6.61 Å². The molecule has 2 unspecified atom stereocenters. The number of esters is 1. The topological polar surface area (TPSA) is 109 Å². The first kappa shape index (κ1) is 24.6. The predicted octanol–water partition coefficient (Wildman–Crippen LogP) is 4.45. The van der Waals surface area contributed by atoms with E-state index in [0.29, 0.717) is 23.4 Å². The summed E-state index contributed by atoms with van der Waals surface area (Å²) in [6, 6.07) is 11.5. The Morgan fingerprint density at radius 3 is 2.76 bits per heavy atom. The zero-order valence-electron chi connectivity index (χ0n) is 21.4. The number of nitrogens with zero attached hydrogens (tertiary/aromatic N) is 3. The summed E-state index contributed by atoms with van der Waals surface area (Å²) in [7, 11) is 0. The number of ether oxygens (including phenoxy) is 2. The Morgan fingerprint density at radius 1 is 1.16 bits per heavy atom. The number of rotatable bonds is 7. The molecule has 0 bridgehead atoms. The number of carbonyl (C=O) groups is 1. The molecule has 2 N–H and O–H groups in total. The molecule has 3 heterocycles. The molecule has 1 aliphatic carbocycles. The lowest BCUT2D eigenvalue weighted by Crippen LogP contribution is -2.41. The smallest absolute Gasteiger partial charge is 0.325 e. The van der Waals surface area contributed by atoms with Crippen LogP contribution in [0.25, 0.3) is 10.9 Å². The van der Waals surface area contributed by atoms with Crippen molar-refractivity contribution in [3.8, 4) is 5.88 Å². The Morgan fingerprint density at radius 2 is 1.97 bits per heavy atom. The number of carbonyl (C=O) groups excluding carboxylic acids is 1. The van der Waals surface area contributed by atoms with E-state index >= 15 is 0 Å². The van der Waals surface area contributed by atoms with Crippen LogP contribution in [0, 0.1) is 0 Å². The molecule has 0 saturated carbocycles. The number of allylic oxidation sites excluding steroid dienone is 2. The van der Waals surface area contributed by atoms with Crippen LogP contribution in [-0.4, -0.2) is 50.8 Å². The van der Waals surface area contributed by atoms with Gasteiger partial charge in [-0.15, -0.1) is 0 Å². The number of hydrogen-bond donors (Lipinski definition) is 2. The molecule has 37 heavy (non-hydrogen) atoms. The monoisotopic (exact) mass is 498 g/mol. The summed E-state index contributed by atoms with van der Waals surface area (Å²) >= 11 is 0. The predicted molar refractivity (Wildman–Crippen MR) is 143 cm³/mol. The third-order valence-corrected chi connectivity index (χ3v) is 6.41. The summed E-state index contributed by atoms with van der Waals surface area (Å²) in [5.41, 5.74) is 2.70. The van der Waals surface area contributed by atoms with Crippen molar-refractivity contribution < 1.29 is 19.4 Å². The maximum absolute atomic E-state index is 13.8. The van der Waals surface area contributed by atoms with Crippen molar-refractivity contribution >= 4 is 28.3 Å². The number of benzene rings is 1. The minimum atomic E-state index is -1.31. The SMILES string of the molecule is CC1=NN=C2C=CC(C(=O)OC(C)(C)C)(c3cccnc3OC(CO)Cc3c[nH]c4ccccc34)C=C12. The number of fused-ring (bicyclic) bond motifs is 2. The molecule has 0 fully saturated rings. The fraction of sp³-hybridized carbons (Fsp3) is 0.310. The molecule has 2 atom stereocenters. The maximum Gasteiger partial charge on any atom is 0.325 e. The van der Waals surface area contributed by atoms with Gasteiger partial charge in [-0.25, -0.2) is 4.98 Å². The zero-order chi connectivity index (χ0) is 26.2. The molecule has 8 heteroatoms. The summed E-state index contributed by atoms with van der Waals surface area (Å²) in [6.07, 6.45) is 8.77. The van der Waals surface area contributed by atoms with Crippen LogP contribution >= 0.6 is 0 Å². The van der Waals surface area contributed by atoms with Crippen molar-refractivity contribution in [1.82, 2.24) is 9.97 Å². The Kier molecular flexibility index (Phi) is 6.29. The third-order valence-electron chi connectivity index (χ3n) is 6.41. The van der Waals surface area contributed by atoms with Gasteiger partial charge in [-0.3, -0.25) is 4.79 Å². The Balaban J connectivity index is 1.54. The average Bonchev–Trinajstić information content (AvgIpc) is 3.45. The number of aromatic amines is 1. The van der Waals surface area contributed by atoms with E-state index in [-0.39, 0.29) is 12.5 Å². The number of aliphatic hydroxyl groups is 1. The van der Waals surface area contributed by atoms with Crippen molar-refractivity contribution in [3.05, 3.63) is 83.7 Å². The maximum atomic E-state index is 13.8. The first-order valence-electron chi connectivity index (χ1n) is 12.3. The van der Waals surface area contributed by atoms with Gasteiger partial charge in [0, 0.05) is 40.9 Å². The van der Waals surface area contributed by atoms with E-state index in [4.69, 9.17) is 9.47 Å². The molecule has 8 nitrogen and oxygen atoms in total. The second-order valence-corrected chi connectivity index (χ2v) is 10.3. The van der Waals surface area contributed by atoms with Gasteiger partial charge in [0.15, 0.2) is 0 Å². The van der Waals surface area contributed by atoms with Gasteiger partial charge in [0.1, 0.15) is 17.1 Å². The minimum absolute atomic E-state index is 0.228. The molecule has 1 aromatic carbocycles. The average molecular weight is 499 g/mol. The van der Waals surface area contributed by atoms with Crippen LogP contribution in [0.4, 0.5) is 0 Å². The van der Waals surface area contributed by atoms with Crippen molar-refractivity contribution in [2.24, 2.45) is 10.2 Å². The van der Waals surface area contributed by atoms with Crippen LogP contribution in [0.15, 0.2) is 82.8 Å². The third kappa shape index (κ3) is 4.72. The summed E-state index contributed by atoms with van der Waals surface area (Å²) in [5.74, 6) is -0.209. The molecule has 190 valence electrons. The molecule has 3 aromatic rings. The van der Waals surface area contributed by atoms with Crippen LogP contribution in [0.2, 0.25) is 0 Å². The fourth-order valence-electron chi connectivity index (χ4n) is 4.62. The highest BCUT2D eigenvalue weighted by atomic mass is 16.6. The highest BCUT2D eigenvalue weighted by Crippen LogP contribution is 2.40. The van der Waals surface area contributed by atoms with Gasteiger partial charge in [0.2, 0.25) is 5.88 Å². The van der Waals surface area contributed by atoms with E-state index in [9.17, 15) is 9.90 Å². The summed E-state index contributed by atoms with van der Waals surface area (Å²) < 4.78 is 12.2. The fourth-order valence-corrected chi connectivity index (χ4v) is 4.62. The van der Waals surface area contributed by atoms with E-state index < -0.39 is 23.1 Å². The molecule has 0 radical (unpaired) electrons.